The highest BCUT2D eigenvalue weighted by molar-refractivity contribution is 7.92. The molecule has 8 heteroatoms. The van der Waals surface area contributed by atoms with E-state index in [1.54, 1.807) is 61.7 Å². The van der Waals surface area contributed by atoms with Crippen molar-refractivity contribution in [3.05, 3.63) is 78.4 Å². The molecule has 150 valence electrons. The number of amides is 1. The predicted molar refractivity (Wildman–Crippen MR) is 111 cm³/mol. The average molecular weight is 412 g/mol. The highest BCUT2D eigenvalue weighted by atomic mass is 32.2. The SMILES string of the molecule is COc1ccc(NC(=O)c2cccc(NS(=O)(=O)c3ccc(OC)cc3)c2)cc1. The lowest BCUT2D eigenvalue weighted by atomic mass is 10.2. The van der Waals surface area contributed by atoms with Gasteiger partial charge in [0.05, 0.1) is 19.1 Å². The molecule has 2 N–H and O–H groups in total. The van der Waals surface area contributed by atoms with Gasteiger partial charge in [0.15, 0.2) is 0 Å². The molecule has 0 heterocycles. The van der Waals surface area contributed by atoms with Crippen molar-refractivity contribution in [3.63, 3.8) is 0 Å². The molecule has 0 atom stereocenters. The number of hydrogen-bond donors (Lipinski definition) is 2. The average Bonchev–Trinajstić information content (AvgIpc) is 2.74. The number of methoxy groups -OCH3 is 2. The van der Waals surface area contributed by atoms with Gasteiger partial charge in [-0.3, -0.25) is 9.52 Å². The summed E-state index contributed by atoms with van der Waals surface area (Å²) in [5.74, 6) is 0.875. The Morgan fingerprint density at radius 1 is 0.793 bits per heavy atom. The quantitative estimate of drug-likeness (QED) is 0.616. The lowest BCUT2D eigenvalue weighted by Crippen LogP contribution is -2.15. The van der Waals surface area contributed by atoms with Gasteiger partial charge >= 0.3 is 0 Å². The number of anilines is 2. The van der Waals surface area contributed by atoms with Crippen LogP contribution in [0.4, 0.5) is 11.4 Å². The van der Waals surface area contributed by atoms with Crippen molar-refractivity contribution < 1.29 is 22.7 Å². The van der Waals surface area contributed by atoms with Gasteiger partial charge in [0.2, 0.25) is 0 Å². The third kappa shape index (κ3) is 5.05. The Kier molecular flexibility index (Phi) is 6.04. The predicted octanol–water partition coefficient (Wildman–Crippen LogP) is 3.76. The summed E-state index contributed by atoms with van der Waals surface area (Å²) in [5.41, 5.74) is 1.19. The summed E-state index contributed by atoms with van der Waals surface area (Å²) in [6.45, 7) is 0. The van der Waals surface area contributed by atoms with Crippen molar-refractivity contribution in [1.29, 1.82) is 0 Å². The molecule has 0 aliphatic carbocycles. The van der Waals surface area contributed by atoms with Gasteiger partial charge < -0.3 is 14.8 Å². The summed E-state index contributed by atoms with van der Waals surface area (Å²) >= 11 is 0. The lowest BCUT2D eigenvalue weighted by molar-refractivity contribution is 0.102. The van der Waals surface area contributed by atoms with Crippen LogP contribution in [-0.4, -0.2) is 28.5 Å². The number of benzene rings is 3. The van der Waals surface area contributed by atoms with Crippen molar-refractivity contribution in [2.24, 2.45) is 0 Å². The molecule has 0 saturated carbocycles. The zero-order valence-electron chi connectivity index (χ0n) is 15.9. The molecule has 3 rings (SSSR count). The summed E-state index contributed by atoms with van der Waals surface area (Å²) in [4.78, 5) is 12.6. The van der Waals surface area contributed by atoms with Gasteiger partial charge in [0.25, 0.3) is 15.9 Å². The first kappa shape index (κ1) is 20.2. The van der Waals surface area contributed by atoms with Crippen molar-refractivity contribution in [3.8, 4) is 11.5 Å². The molecule has 3 aromatic carbocycles. The fraction of sp³-hybridized carbons (Fsp3) is 0.0952. The van der Waals surface area contributed by atoms with Gasteiger partial charge in [-0.25, -0.2) is 8.42 Å². The third-order valence-electron chi connectivity index (χ3n) is 4.09. The maximum atomic E-state index is 12.6. The Morgan fingerprint density at radius 3 is 1.97 bits per heavy atom. The van der Waals surface area contributed by atoms with E-state index in [0.29, 0.717) is 22.7 Å². The van der Waals surface area contributed by atoms with Crippen LogP contribution in [0.15, 0.2) is 77.7 Å². The minimum atomic E-state index is -3.80. The first-order valence-electron chi connectivity index (χ1n) is 8.63. The number of sulfonamides is 1. The monoisotopic (exact) mass is 412 g/mol. The number of carbonyl (C=O) groups is 1. The van der Waals surface area contributed by atoms with Crippen molar-refractivity contribution in [2.75, 3.05) is 24.3 Å². The molecule has 7 nitrogen and oxygen atoms in total. The van der Waals surface area contributed by atoms with E-state index in [9.17, 15) is 13.2 Å². The van der Waals surface area contributed by atoms with Gasteiger partial charge in [-0.15, -0.1) is 0 Å². The number of hydrogen-bond acceptors (Lipinski definition) is 5. The van der Waals surface area contributed by atoms with E-state index in [0.717, 1.165) is 0 Å². The maximum absolute atomic E-state index is 12.6. The number of ether oxygens (including phenoxy) is 2. The molecule has 0 aliphatic heterocycles. The number of carbonyl (C=O) groups excluding carboxylic acids is 1. The van der Waals surface area contributed by atoms with Gasteiger partial charge in [0.1, 0.15) is 11.5 Å². The highest BCUT2D eigenvalue weighted by Gasteiger charge is 2.15. The van der Waals surface area contributed by atoms with E-state index in [2.05, 4.69) is 10.0 Å². The van der Waals surface area contributed by atoms with Crippen molar-refractivity contribution >= 4 is 27.3 Å². The summed E-state index contributed by atoms with van der Waals surface area (Å²) in [7, 11) is -0.733. The molecule has 29 heavy (non-hydrogen) atoms. The van der Waals surface area contributed by atoms with E-state index in [1.807, 2.05) is 0 Å². The highest BCUT2D eigenvalue weighted by Crippen LogP contribution is 2.21. The topological polar surface area (TPSA) is 93.7 Å². The van der Waals surface area contributed by atoms with Crippen LogP contribution in [0.2, 0.25) is 0 Å². The largest absolute Gasteiger partial charge is 0.497 e. The maximum Gasteiger partial charge on any atom is 0.261 e. The van der Waals surface area contributed by atoms with Gasteiger partial charge in [-0.05, 0) is 66.7 Å². The minimum absolute atomic E-state index is 0.0892. The minimum Gasteiger partial charge on any atom is -0.497 e. The Bertz CT molecular complexity index is 1090. The van der Waals surface area contributed by atoms with E-state index < -0.39 is 10.0 Å². The molecule has 0 aromatic heterocycles. The van der Waals surface area contributed by atoms with E-state index in [-0.39, 0.29) is 16.5 Å². The smallest absolute Gasteiger partial charge is 0.261 e. The van der Waals surface area contributed by atoms with Crippen LogP contribution in [0.1, 0.15) is 10.4 Å². The molecule has 0 fully saturated rings. The Hall–Kier alpha value is -3.52. The second-order valence-electron chi connectivity index (χ2n) is 6.04. The zero-order valence-corrected chi connectivity index (χ0v) is 16.7. The van der Waals surface area contributed by atoms with Gasteiger partial charge in [-0.1, -0.05) is 6.07 Å². The fourth-order valence-electron chi connectivity index (χ4n) is 2.57. The van der Waals surface area contributed by atoms with Crippen LogP contribution in [0, 0.1) is 0 Å². The summed E-state index contributed by atoms with van der Waals surface area (Å²) < 4.78 is 37.7. The lowest BCUT2D eigenvalue weighted by Gasteiger charge is -2.11. The molecule has 1 amide bonds. The third-order valence-corrected chi connectivity index (χ3v) is 5.49. The van der Waals surface area contributed by atoms with E-state index in [4.69, 9.17) is 9.47 Å². The van der Waals surface area contributed by atoms with E-state index >= 15 is 0 Å². The van der Waals surface area contributed by atoms with Crippen LogP contribution in [0.5, 0.6) is 11.5 Å². The Morgan fingerprint density at radius 2 is 1.38 bits per heavy atom. The van der Waals surface area contributed by atoms with Crippen LogP contribution >= 0.6 is 0 Å². The van der Waals surface area contributed by atoms with Crippen molar-refractivity contribution in [2.45, 2.75) is 4.90 Å². The molecule has 3 aromatic rings. The summed E-state index contributed by atoms with van der Waals surface area (Å²) in [6, 6.07) is 19.2. The van der Waals surface area contributed by atoms with Gasteiger partial charge in [-0.2, -0.15) is 0 Å². The summed E-state index contributed by atoms with van der Waals surface area (Å²) in [5, 5.41) is 2.76. The normalized spacial score (nSPS) is 10.8. The van der Waals surface area contributed by atoms with Crippen LogP contribution in [-0.2, 0) is 10.0 Å². The second kappa shape index (κ2) is 8.66. The molecule has 0 radical (unpaired) electrons. The van der Waals surface area contributed by atoms with Crippen LogP contribution in [0.3, 0.4) is 0 Å². The van der Waals surface area contributed by atoms with E-state index in [1.165, 1.54) is 25.3 Å². The summed E-state index contributed by atoms with van der Waals surface area (Å²) in [6.07, 6.45) is 0. The first-order chi connectivity index (χ1) is 13.9. The fourth-order valence-corrected chi connectivity index (χ4v) is 3.62. The Balaban J connectivity index is 1.74. The van der Waals surface area contributed by atoms with Gasteiger partial charge in [0, 0.05) is 16.9 Å². The molecule has 0 saturated heterocycles. The molecule has 0 aliphatic rings. The first-order valence-corrected chi connectivity index (χ1v) is 10.1. The standard InChI is InChI=1S/C21H20N2O5S/c1-27-18-8-6-16(7-9-18)22-21(24)15-4-3-5-17(14-15)23-29(25,26)20-12-10-19(28-2)11-13-20/h3-14,23H,1-2H3,(H,22,24). The van der Waals surface area contributed by atoms with Crippen LogP contribution < -0.4 is 19.5 Å². The molecule has 0 spiro atoms. The number of nitrogens with one attached hydrogen (secondary N) is 2. The Labute approximate surface area is 169 Å². The second-order valence-corrected chi connectivity index (χ2v) is 7.73. The molecule has 0 unspecified atom stereocenters. The number of rotatable bonds is 7. The molecular weight excluding hydrogens is 392 g/mol. The zero-order chi connectivity index (χ0) is 20.9. The van der Waals surface area contributed by atoms with Crippen molar-refractivity contribution in [1.82, 2.24) is 0 Å². The molecule has 0 bridgehead atoms. The van der Waals surface area contributed by atoms with Crippen LogP contribution in [0.25, 0.3) is 0 Å². The molecular formula is C21H20N2O5S.